The molecule has 0 bridgehead atoms. The molecule has 18 heavy (non-hydrogen) atoms. The molecule has 3 N–H and O–H groups in total. The Morgan fingerprint density at radius 1 is 1.56 bits per heavy atom. The Morgan fingerprint density at radius 2 is 2.22 bits per heavy atom. The molecule has 0 aliphatic carbocycles. The van der Waals surface area contributed by atoms with Crippen LogP contribution in [-0.2, 0) is 14.4 Å². The zero-order chi connectivity index (χ0) is 13.7. The van der Waals surface area contributed by atoms with Crippen LogP contribution in [0.2, 0.25) is 0 Å². The molecule has 102 valence electrons. The first kappa shape index (κ1) is 14.9. The Kier molecular flexibility index (Phi) is 5.57. The fourth-order valence-electron chi connectivity index (χ4n) is 1.73. The van der Waals surface area contributed by atoms with Gasteiger partial charge in [0.05, 0.1) is 6.54 Å². The molecule has 0 aromatic rings. The second-order valence-electron chi connectivity index (χ2n) is 4.03. The third-order valence-corrected chi connectivity index (χ3v) is 3.30. The third-order valence-electron chi connectivity index (χ3n) is 2.66. The summed E-state index contributed by atoms with van der Waals surface area (Å²) in [6.07, 6.45) is 2.14. The molecule has 2 atom stereocenters. The number of carbonyl (C=O) groups excluding carboxylic acids is 1. The van der Waals surface area contributed by atoms with Crippen molar-refractivity contribution < 1.29 is 24.6 Å². The summed E-state index contributed by atoms with van der Waals surface area (Å²) in [5, 5.41) is 19.2. The average Bonchev–Trinajstić information content (AvgIpc) is 2.65. The topological polar surface area (TPSA) is 107 Å². The number of nitrogens with one attached hydrogen (secondary N) is 1. The highest BCUT2D eigenvalue weighted by Gasteiger charge is 2.37. The number of carboxylic acid groups (broad SMARTS) is 2. The van der Waals surface area contributed by atoms with Crippen molar-refractivity contribution in [3.63, 3.8) is 0 Å². The van der Waals surface area contributed by atoms with Crippen LogP contribution in [0.4, 0.5) is 0 Å². The number of Topliss-reactive ketones (excluding diaryl/α,β-unsaturated/α-hetero) is 1. The number of carbonyl (C=O) groups is 3. The van der Waals surface area contributed by atoms with Crippen molar-refractivity contribution in [1.82, 2.24) is 10.4 Å². The largest absolute Gasteiger partial charge is 0.480 e. The van der Waals surface area contributed by atoms with E-state index < -0.39 is 24.0 Å². The summed E-state index contributed by atoms with van der Waals surface area (Å²) in [6.45, 7) is -0.0694. The SMILES string of the molecule is CSCC[C@H](NN1CC(=O)C[C@H]1C(=O)O)C(=O)O. The van der Waals surface area contributed by atoms with Crippen LogP contribution in [0.5, 0.6) is 0 Å². The van der Waals surface area contributed by atoms with Crippen molar-refractivity contribution in [1.29, 1.82) is 0 Å². The molecule has 0 amide bonds. The van der Waals surface area contributed by atoms with Gasteiger partial charge in [-0.3, -0.25) is 14.4 Å². The number of ketones is 1. The first-order chi connectivity index (χ1) is 8.45. The number of aliphatic carboxylic acids is 2. The van der Waals surface area contributed by atoms with Gasteiger partial charge in [0.25, 0.3) is 0 Å². The predicted molar refractivity (Wildman–Crippen MR) is 65.3 cm³/mol. The summed E-state index contributed by atoms with van der Waals surface area (Å²) in [6, 6.07) is -1.85. The molecule has 1 fully saturated rings. The van der Waals surface area contributed by atoms with E-state index >= 15 is 0 Å². The van der Waals surface area contributed by atoms with Gasteiger partial charge in [-0.1, -0.05) is 0 Å². The van der Waals surface area contributed by atoms with Crippen LogP contribution in [0.15, 0.2) is 0 Å². The van der Waals surface area contributed by atoms with Crippen molar-refractivity contribution in [3.05, 3.63) is 0 Å². The van der Waals surface area contributed by atoms with Crippen molar-refractivity contribution in [2.75, 3.05) is 18.6 Å². The van der Waals surface area contributed by atoms with Gasteiger partial charge in [0.2, 0.25) is 0 Å². The molecule has 0 aromatic carbocycles. The smallest absolute Gasteiger partial charge is 0.322 e. The summed E-state index contributed by atoms with van der Waals surface area (Å²) >= 11 is 1.51. The first-order valence-electron chi connectivity index (χ1n) is 5.44. The minimum Gasteiger partial charge on any atom is -0.480 e. The molecular formula is C10H16N2O5S. The molecule has 0 radical (unpaired) electrons. The number of carboxylic acids is 2. The van der Waals surface area contributed by atoms with Crippen LogP contribution in [0.25, 0.3) is 0 Å². The monoisotopic (exact) mass is 276 g/mol. The van der Waals surface area contributed by atoms with E-state index in [2.05, 4.69) is 5.43 Å². The highest BCUT2D eigenvalue weighted by molar-refractivity contribution is 7.98. The second-order valence-corrected chi connectivity index (χ2v) is 5.01. The maximum absolute atomic E-state index is 11.2. The molecule has 1 saturated heterocycles. The summed E-state index contributed by atoms with van der Waals surface area (Å²) in [4.78, 5) is 33.2. The molecular weight excluding hydrogens is 260 g/mol. The third kappa shape index (κ3) is 3.97. The molecule has 0 unspecified atom stereocenters. The minimum absolute atomic E-state index is 0.0694. The Bertz CT molecular complexity index is 349. The van der Waals surface area contributed by atoms with E-state index in [1.165, 1.54) is 16.8 Å². The van der Waals surface area contributed by atoms with Gasteiger partial charge in [-0.05, 0) is 18.4 Å². The molecule has 0 saturated carbocycles. The van der Waals surface area contributed by atoms with E-state index in [-0.39, 0.29) is 18.7 Å². The molecule has 1 aliphatic rings. The lowest BCUT2D eigenvalue weighted by molar-refractivity contribution is -0.147. The average molecular weight is 276 g/mol. The zero-order valence-electron chi connectivity index (χ0n) is 9.96. The predicted octanol–water partition coefficient (Wildman–Crippen LogP) is -0.575. The fraction of sp³-hybridized carbons (Fsp3) is 0.700. The van der Waals surface area contributed by atoms with Gasteiger partial charge in [0, 0.05) is 6.42 Å². The number of hydrogen-bond acceptors (Lipinski definition) is 6. The van der Waals surface area contributed by atoms with E-state index in [1.54, 1.807) is 0 Å². The number of rotatable bonds is 7. The van der Waals surface area contributed by atoms with Gasteiger partial charge in [0.15, 0.2) is 5.78 Å². The number of hydrazine groups is 1. The van der Waals surface area contributed by atoms with Crippen LogP contribution in [0, 0.1) is 0 Å². The van der Waals surface area contributed by atoms with Crippen LogP contribution in [0.1, 0.15) is 12.8 Å². The summed E-state index contributed by atoms with van der Waals surface area (Å²) < 4.78 is 0. The Balaban J connectivity index is 2.64. The lowest BCUT2D eigenvalue weighted by Crippen LogP contribution is -2.52. The summed E-state index contributed by atoms with van der Waals surface area (Å²) in [5.74, 6) is -1.73. The van der Waals surface area contributed by atoms with Gasteiger partial charge in [-0.15, -0.1) is 0 Å². The Labute approximate surface area is 108 Å². The maximum atomic E-state index is 11.2. The van der Waals surface area contributed by atoms with E-state index in [4.69, 9.17) is 10.2 Å². The van der Waals surface area contributed by atoms with Crippen molar-refractivity contribution in [2.45, 2.75) is 24.9 Å². The van der Waals surface area contributed by atoms with E-state index in [1.807, 2.05) is 6.26 Å². The lowest BCUT2D eigenvalue weighted by Gasteiger charge is -2.25. The Morgan fingerprint density at radius 3 is 2.72 bits per heavy atom. The second kappa shape index (κ2) is 6.72. The standard InChI is InChI=1S/C10H16N2O5S/c1-18-3-2-7(9(14)15)11-12-5-6(13)4-8(12)10(16)17/h7-8,11H,2-5H2,1H3,(H,14,15)(H,16,17)/t7-,8-/m0/s1. The molecule has 0 aromatic heterocycles. The van der Waals surface area contributed by atoms with Gasteiger partial charge in [-0.25, -0.2) is 10.4 Å². The van der Waals surface area contributed by atoms with Crippen LogP contribution in [-0.4, -0.2) is 63.6 Å². The molecule has 1 aliphatic heterocycles. The van der Waals surface area contributed by atoms with Crippen LogP contribution < -0.4 is 5.43 Å². The normalized spacial score (nSPS) is 22.1. The molecule has 0 spiro atoms. The van der Waals surface area contributed by atoms with Crippen LogP contribution in [0.3, 0.4) is 0 Å². The quantitative estimate of drug-likeness (QED) is 0.567. The number of nitrogens with zero attached hydrogens (tertiary/aromatic N) is 1. The highest BCUT2D eigenvalue weighted by atomic mass is 32.2. The Hall–Kier alpha value is -1.12. The van der Waals surface area contributed by atoms with Gasteiger partial charge >= 0.3 is 11.9 Å². The van der Waals surface area contributed by atoms with E-state index in [0.717, 1.165) is 0 Å². The molecule has 1 rings (SSSR count). The summed E-state index contributed by atoms with van der Waals surface area (Å²) in [5.41, 5.74) is 2.63. The first-order valence-corrected chi connectivity index (χ1v) is 6.84. The summed E-state index contributed by atoms with van der Waals surface area (Å²) in [7, 11) is 0. The van der Waals surface area contributed by atoms with Crippen LogP contribution >= 0.6 is 11.8 Å². The zero-order valence-corrected chi connectivity index (χ0v) is 10.8. The highest BCUT2D eigenvalue weighted by Crippen LogP contribution is 2.13. The lowest BCUT2D eigenvalue weighted by atomic mass is 10.2. The van der Waals surface area contributed by atoms with Crippen molar-refractivity contribution in [2.24, 2.45) is 0 Å². The van der Waals surface area contributed by atoms with Gasteiger partial charge < -0.3 is 10.2 Å². The van der Waals surface area contributed by atoms with E-state index in [9.17, 15) is 14.4 Å². The van der Waals surface area contributed by atoms with Crippen molar-refractivity contribution in [3.8, 4) is 0 Å². The molecule has 8 heteroatoms. The van der Waals surface area contributed by atoms with Gasteiger partial charge in [0.1, 0.15) is 12.1 Å². The number of thioether (sulfide) groups is 1. The molecule has 1 heterocycles. The maximum Gasteiger partial charge on any atom is 0.322 e. The van der Waals surface area contributed by atoms with Gasteiger partial charge in [-0.2, -0.15) is 11.8 Å². The van der Waals surface area contributed by atoms with E-state index in [0.29, 0.717) is 12.2 Å². The fourth-order valence-corrected chi connectivity index (χ4v) is 2.20. The van der Waals surface area contributed by atoms with Crippen molar-refractivity contribution >= 4 is 29.5 Å². The molecule has 7 nitrogen and oxygen atoms in total. The minimum atomic E-state index is -1.12. The number of hydrogen-bond donors (Lipinski definition) is 3.